The average Bonchev–Trinajstić information content (AvgIpc) is 4.22. The zero-order chi connectivity index (χ0) is 56.3. The standard InChI is InChI=1S/C76H70N4O/c1-73(2,3)51-26-17-24-49(40-51)63-42-54(76(10,11)12)43-64(50-25-18-27-52(41-50)74(4,5)6)71(63)79-47-78(65-34-15-16-35-66(65)79)55-28-21-29-56(45-55)81-57-36-37-61-67(46-57)80(68-44-53(38-39-77-68)75(7,8)9)72-60-31-14-13-30-58(60)59-32-19-22-48-23-20-33-62(69(48)59)70(61)72/h13-46H,1-12H3. The van der Waals surface area contributed by atoms with Crippen LogP contribution in [0.15, 0.2) is 206 Å². The first-order valence-electron chi connectivity index (χ1n) is 28.6. The third kappa shape index (κ3) is 9.04. The van der Waals surface area contributed by atoms with Crippen LogP contribution in [-0.2, 0) is 21.7 Å². The van der Waals surface area contributed by atoms with Crippen LogP contribution in [0.2, 0.25) is 0 Å². The van der Waals surface area contributed by atoms with Crippen LogP contribution >= 0.6 is 0 Å². The van der Waals surface area contributed by atoms with Crippen molar-refractivity contribution in [3.8, 4) is 84.5 Å². The lowest BCUT2D eigenvalue weighted by Crippen LogP contribution is -2.32. The minimum atomic E-state index is -0.124. The van der Waals surface area contributed by atoms with Crippen molar-refractivity contribution in [1.29, 1.82) is 0 Å². The monoisotopic (exact) mass is 1050 g/mol. The SMILES string of the molecule is CC(C)(C)c1cccc(-c2cc(C(C)(C)C)cc(-c3cccc(C(C)(C)C)c3)c2-[n+]2[c-]n(-c3cccc(Oc4ccc5c6c(n(-c7cc(C(C)(C)C)ccn7)c5c4)-c4ccccc4-c4cccc5cccc-6c45)c3)c3ccccc32)c1. The molecule has 5 heteroatoms. The molecule has 0 saturated carbocycles. The van der Waals surface area contributed by atoms with Crippen molar-refractivity contribution in [2.24, 2.45) is 0 Å². The molecule has 0 radical (unpaired) electrons. The highest BCUT2D eigenvalue weighted by molar-refractivity contribution is 6.19. The molecule has 0 saturated heterocycles. The molecule has 0 spiro atoms. The van der Waals surface area contributed by atoms with Crippen molar-refractivity contribution in [1.82, 2.24) is 14.1 Å². The molecule has 81 heavy (non-hydrogen) atoms. The lowest BCUT2D eigenvalue weighted by molar-refractivity contribution is -0.571. The van der Waals surface area contributed by atoms with E-state index >= 15 is 0 Å². The fourth-order valence-electron chi connectivity index (χ4n) is 12.1. The van der Waals surface area contributed by atoms with Gasteiger partial charge in [-0.05, 0) is 136 Å². The minimum Gasteiger partial charge on any atom is -0.458 e. The lowest BCUT2D eigenvalue weighted by Gasteiger charge is -2.27. The third-order valence-corrected chi connectivity index (χ3v) is 16.6. The first kappa shape index (κ1) is 51.6. The maximum Gasteiger partial charge on any atom is 0.269 e. The average molecular weight is 1060 g/mol. The Balaban J connectivity index is 0.991. The zero-order valence-electron chi connectivity index (χ0n) is 48.8. The number of hydrogen-bond donors (Lipinski definition) is 0. The fourth-order valence-corrected chi connectivity index (χ4v) is 12.1. The molecule has 13 rings (SSSR count). The summed E-state index contributed by atoms with van der Waals surface area (Å²) in [6.45, 7) is 27.5. The van der Waals surface area contributed by atoms with Crippen molar-refractivity contribution in [3.05, 3.63) is 235 Å². The summed E-state index contributed by atoms with van der Waals surface area (Å²) >= 11 is 0. The maximum absolute atomic E-state index is 7.07. The summed E-state index contributed by atoms with van der Waals surface area (Å²) < 4.78 is 13.9. The number of nitrogens with zero attached hydrogens (tertiary/aromatic N) is 4. The molecule has 0 amide bonds. The molecule has 0 aliphatic heterocycles. The molecule has 0 bridgehead atoms. The van der Waals surface area contributed by atoms with E-state index in [0.717, 1.165) is 67.4 Å². The van der Waals surface area contributed by atoms with E-state index in [1.165, 1.54) is 72.0 Å². The van der Waals surface area contributed by atoms with Crippen molar-refractivity contribution in [2.75, 3.05) is 0 Å². The second-order valence-electron chi connectivity index (χ2n) is 26.3. The van der Waals surface area contributed by atoms with Crippen LogP contribution in [0.25, 0.3) is 106 Å². The molecule has 0 fully saturated rings. The van der Waals surface area contributed by atoms with Gasteiger partial charge >= 0.3 is 0 Å². The number of pyridine rings is 1. The first-order valence-corrected chi connectivity index (χ1v) is 28.6. The molecule has 1 aliphatic carbocycles. The van der Waals surface area contributed by atoms with Crippen LogP contribution in [0.4, 0.5) is 0 Å². The highest BCUT2D eigenvalue weighted by Gasteiger charge is 2.31. The largest absolute Gasteiger partial charge is 0.458 e. The Bertz CT molecular complexity index is 4390. The molecule has 0 N–H and O–H groups in total. The van der Waals surface area contributed by atoms with E-state index < -0.39 is 0 Å². The van der Waals surface area contributed by atoms with Gasteiger partial charge in [0.25, 0.3) is 6.33 Å². The van der Waals surface area contributed by atoms with Crippen LogP contribution < -0.4 is 9.30 Å². The molecule has 3 heterocycles. The number of rotatable bonds is 7. The number of ether oxygens (including phenoxy) is 1. The zero-order valence-corrected chi connectivity index (χ0v) is 48.8. The summed E-state index contributed by atoms with van der Waals surface area (Å²) in [7, 11) is 0. The minimum absolute atomic E-state index is 0.0392. The van der Waals surface area contributed by atoms with Crippen LogP contribution in [-0.4, -0.2) is 14.1 Å². The highest BCUT2D eigenvalue weighted by Crippen LogP contribution is 2.53. The first-order chi connectivity index (χ1) is 38.7. The van der Waals surface area contributed by atoms with Crippen LogP contribution in [0.1, 0.15) is 105 Å². The molecule has 0 unspecified atom stereocenters. The molecular formula is C76H70N4O. The number of fused-ring (bicyclic) bond motifs is 8. The topological polar surface area (TPSA) is 35.9 Å². The Labute approximate surface area is 477 Å². The van der Waals surface area contributed by atoms with Crippen molar-refractivity contribution < 1.29 is 9.30 Å². The van der Waals surface area contributed by atoms with Crippen LogP contribution in [0.3, 0.4) is 0 Å². The summed E-state index contributed by atoms with van der Waals surface area (Å²) in [6.07, 6.45) is 5.93. The number of hydrogen-bond acceptors (Lipinski definition) is 2. The Morgan fingerprint density at radius 2 is 1.00 bits per heavy atom. The molecular weight excluding hydrogens is 985 g/mol. The third-order valence-electron chi connectivity index (χ3n) is 16.6. The van der Waals surface area contributed by atoms with Crippen molar-refractivity contribution in [2.45, 2.75) is 105 Å². The van der Waals surface area contributed by atoms with Gasteiger partial charge in [-0.15, -0.1) is 0 Å². The summed E-state index contributed by atoms with van der Waals surface area (Å²) in [6, 6.07) is 73.5. The smallest absolute Gasteiger partial charge is 0.269 e. The van der Waals surface area contributed by atoms with Gasteiger partial charge < -0.3 is 4.74 Å². The van der Waals surface area contributed by atoms with Gasteiger partial charge in [0, 0.05) is 28.8 Å². The summed E-state index contributed by atoms with van der Waals surface area (Å²) in [4.78, 5) is 5.16. The quantitative estimate of drug-likeness (QED) is 0.118. The van der Waals surface area contributed by atoms with E-state index in [4.69, 9.17) is 9.72 Å². The Kier molecular flexibility index (Phi) is 12.1. The second-order valence-corrected chi connectivity index (χ2v) is 26.3. The van der Waals surface area contributed by atoms with E-state index in [-0.39, 0.29) is 21.7 Å². The van der Waals surface area contributed by atoms with Gasteiger partial charge in [0.15, 0.2) is 0 Å². The molecule has 12 aromatic rings. The fraction of sp³-hybridized carbons (Fsp3) is 0.211. The van der Waals surface area contributed by atoms with Crippen LogP contribution in [0, 0.1) is 6.33 Å². The number of imidazole rings is 1. The van der Waals surface area contributed by atoms with E-state index in [0.29, 0.717) is 0 Å². The van der Waals surface area contributed by atoms with Gasteiger partial charge in [-0.25, -0.2) is 4.98 Å². The number of benzene rings is 9. The lowest BCUT2D eigenvalue weighted by atomic mass is 9.80. The normalized spacial score (nSPS) is 12.7. The molecule has 400 valence electrons. The van der Waals surface area contributed by atoms with Gasteiger partial charge in [0.2, 0.25) is 0 Å². The number of aromatic nitrogens is 4. The number of para-hydroxylation sites is 2. The van der Waals surface area contributed by atoms with Crippen molar-refractivity contribution in [3.63, 3.8) is 0 Å². The Morgan fingerprint density at radius 1 is 0.432 bits per heavy atom. The van der Waals surface area contributed by atoms with Gasteiger partial charge in [-0.2, -0.15) is 0 Å². The van der Waals surface area contributed by atoms with E-state index in [1.807, 2.05) is 6.20 Å². The molecule has 5 nitrogen and oxygen atoms in total. The predicted octanol–water partition coefficient (Wildman–Crippen LogP) is 19.8. The van der Waals surface area contributed by atoms with Gasteiger partial charge in [-0.1, -0.05) is 235 Å². The molecule has 1 aliphatic rings. The van der Waals surface area contributed by atoms with Crippen LogP contribution in [0.5, 0.6) is 11.5 Å². The van der Waals surface area contributed by atoms with E-state index in [9.17, 15) is 0 Å². The van der Waals surface area contributed by atoms with E-state index in [1.54, 1.807) is 0 Å². The Morgan fingerprint density at radius 3 is 1.67 bits per heavy atom. The highest BCUT2D eigenvalue weighted by atomic mass is 16.5. The maximum atomic E-state index is 7.07. The molecule has 3 aromatic heterocycles. The second kappa shape index (κ2) is 18.9. The summed E-state index contributed by atoms with van der Waals surface area (Å²) in [5.74, 6) is 2.31. The summed E-state index contributed by atoms with van der Waals surface area (Å²) in [5.41, 5.74) is 21.7. The van der Waals surface area contributed by atoms with Crippen molar-refractivity contribution >= 4 is 32.7 Å². The molecule has 9 aromatic carbocycles. The predicted molar refractivity (Wildman–Crippen MR) is 338 cm³/mol. The summed E-state index contributed by atoms with van der Waals surface area (Å²) in [5, 5.41) is 3.61. The molecule has 0 atom stereocenters. The van der Waals surface area contributed by atoms with Gasteiger partial charge in [0.1, 0.15) is 17.3 Å². The Hall–Kier alpha value is -8.80. The van der Waals surface area contributed by atoms with Gasteiger partial charge in [0.05, 0.1) is 33.6 Å². The van der Waals surface area contributed by atoms with Gasteiger partial charge in [-0.3, -0.25) is 13.7 Å². The van der Waals surface area contributed by atoms with E-state index in [2.05, 4.69) is 303 Å².